The van der Waals surface area contributed by atoms with E-state index in [9.17, 15) is 9.59 Å². The Kier molecular flexibility index (Phi) is 6.97. The summed E-state index contributed by atoms with van der Waals surface area (Å²) in [6.45, 7) is -0.0992. The number of anilines is 1. The van der Waals surface area contributed by atoms with Crippen molar-refractivity contribution < 1.29 is 14.3 Å². The van der Waals surface area contributed by atoms with Gasteiger partial charge in [0.1, 0.15) is 5.75 Å². The van der Waals surface area contributed by atoms with Gasteiger partial charge in [-0.3, -0.25) is 9.59 Å². The minimum absolute atomic E-state index is 0.0992. The number of carbonyl (C=O) groups is 2. The zero-order valence-electron chi connectivity index (χ0n) is 15.3. The molecular formula is C22H18ClN3O3. The molecule has 0 aromatic heterocycles. The van der Waals surface area contributed by atoms with Crippen LogP contribution in [0.1, 0.15) is 15.9 Å². The van der Waals surface area contributed by atoms with Crippen molar-refractivity contribution in [3.8, 4) is 5.75 Å². The van der Waals surface area contributed by atoms with Crippen molar-refractivity contribution in [2.24, 2.45) is 5.10 Å². The molecule has 0 spiro atoms. The van der Waals surface area contributed by atoms with Gasteiger partial charge in [-0.25, -0.2) is 5.43 Å². The SMILES string of the molecule is O=C(COc1ccc(/C=N\NC(=O)c2cccc(Cl)c2)cc1)Nc1ccccc1. The van der Waals surface area contributed by atoms with E-state index < -0.39 is 0 Å². The maximum Gasteiger partial charge on any atom is 0.271 e. The average molecular weight is 408 g/mol. The number of nitrogens with one attached hydrogen (secondary N) is 2. The second-order valence-electron chi connectivity index (χ2n) is 5.98. The van der Waals surface area contributed by atoms with Crippen LogP contribution in [-0.2, 0) is 4.79 Å². The smallest absolute Gasteiger partial charge is 0.271 e. The van der Waals surface area contributed by atoms with E-state index in [4.69, 9.17) is 16.3 Å². The topological polar surface area (TPSA) is 79.8 Å². The third kappa shape index (κ3) is 6.48. The zero-order chi connectivity index (χ0) is 20.5. The molecule has 146 valence electrons. The standard InChI is InChI=1S/C22H18ClN3O3/c23-18-6-4-5-17(13-18)22(28)26-24-14-16-9-11-20(12-10-16)29-15-21(27)25-19-7-2-1-3-8-19/h1-14H,15H2,(H,25,27)(H,26,28)/b24-14-. The lowest BCUT2D eigenvalue weighted by molar-refractivity contribution is -0.118. The molecule has 2 N–H and O–H groups in total. The molecule has 0 saturated heterocycles. The fourth-order valence-corrected chi connectivity index (χ4v) is 2.57. The van der Waals surface area contributed by atoms with Gasteiger partial charge in [-0.05, 0) is 60.2 Å². The lowest BCUT2D eigenvalue weighted by Gasteiger charge is -2.07. The Morgan fingerprint density at radius 2 is 1.72 bits per heavy atom. The Bertz CT molecular complexity index is 1010. The molecule has 0 saturated carbocycles. The third-order valence-corrected chi connectivity index (χ3v) is 4.01. The second-order valence-corrected chi connectivity index (χ2v) is 6.42. The van der Waals surface area contributed by atoms with Gasteiger partial charge >= 0.3 is 0 Å². The molecule has 0 fully saturated rings. The highest BCUT2D eigenvalue weighted by atomic mass is 35.5. The molecule has 0 atom stereocenters. The minimum Gasteiger partial charge on any atom is -0.484 e. The summed E-state index contributed by atoms with van der Waals surface area (Å²) >= 11 is 5.86. The van der Waals surface area contributed by atoms with Crippen LogP contribution in [0.4, 0.5) is 5.69 Å². The monoisotopic (exact) mass is 407 g/mol. The van der Waals surface area contributed by atoms with Crippen LogP contribution >= 0.6 is 11.6 Å². The van der Waals surface area contributed by atoms with Crippen LogP contribution in [0.5, 0.6) is 5.75 Å². The number of benzene rings is 3. The number of rotatable bonds is 7. The lowest BCUT2D eigenvalue weighted by Crippen LogP contribution is -2.20. The summed E-state index contributed by atoms with van der Waals surface area (Å²) in [4.78, 5) is 23.9. The molecule has 29 heavy (non-hydrogen) atoms. The van der Waals surface area contributed by atoms with Crippen LogP contribution in [0.25, 0.3) is 0 Å². The van der Waals surface area contributed by atoms with Gasteiger partial charge in [0.2, 0.25) is 0 Å². The number of carbonyl (C=O) groups excluding carboxylic acids is 2. The molecule has 6 nitrogen and oxygen atoms in total. The Morgan fingerprint density at radius 1 is 0.966 bits per heavy atom. The molecule has 3 aromatic rings. The summed E-state index contributed by atoms with van der Waals surface area (Å²) in [5.41, 5.74) is 4.34. The molecule has 0 aliphatic carbocycles. The summed E-state index contributed by atoms with van der Waals surface area (Å²) in [6.07, 6.45) is 1.51. The van der Waals surface area contributed by atoms with Gasteiger partial charge in [-0.2, -0.15) is 5.10 Å². The highest BCUT2D eigenvalue weighted by molar-refractivity contribution is 6.30. The van der Waals surface area contributed by atoms with E-state index in [0.29, 0.717) is 22.0 Å². The number of hydrazone groups is 1. The van der Waals surface area contributed by atoms with Crippen molar-refractivity contribution in [3.05, 3.63) is 95.0 Å². The maximum atomic E-state index is 12.0. The predicted octanol–water partition coefficient (Wildman–Crippen LogP) is 4.12. The second kappa shape index (κ2) is 10.1. The van der Waals surface area contributed by atoms with Gasteiger partial charge in [0.05, 0.1) is 6.21 Å². The number of halogens is 1. The summed E-state index contributed by atoms with van der Waals surface area (Å²) in [5.74, 6) is -0.0491. The van der Waals surface area contributed by atoms with Crippen molar-refractivity contribution in [3.63, 3.8) is 0 Å². The molecular weight excluding hydrogens is 390 g/mol. The summed E-state index contributed by atoms with van der Waals surface area (Å²) in [6, 6.07) is 22.7. The molecule has 2 amide bonds. The van der Waals surface area contributed by atoms with Crippen LogP contribution < -0.4 is 15.5 Å². The van der Waals surface area contributed by atoms with E-state index in [1.165, 1.54) is 6.21 Å². The molecule has 0 aliphatic heterocycles. The molecule has 0 unspecified atom stereocenters. The first-order valence-corrected chi connectivity index (χ1v) is 9.15. The van der Waals surface area contributed by atoms with E-state index in [0.717, 1.165) is 5.56 Å². The number of hydrogen-bond donors (Lipinski definition) is 2. The van der Waals surface area contributed by atoms with Gasteiger partial charge < -0.3 is 10.1 Å². The molecule has 3 rings (SSSR count). The van der Waals surface area contributed by atoms with Crippen molar-refractivity contribution in [1.29, 1.82) is 0 Å². The summed E-state index contributed by atoms with van der Waals surface area (Å²) in [7, 11) is 0. The highest BCUT2D eigenvalue weighted by Gasteiger charge is 2.05. The van der Waals surface area contributed by atoms with Crippen molar-refractivity contribution in [1.82, 2.24) is 5.43 Å². The Labute approximate surface area is 173 Å². The normalized spacial score (nSPS) is 10.5. The molecule has 0 bridgehead atoms. The largest absolute Gasteiger partial charge is 0.484 e. The van der Waals surface area contributed by atoms with E-state index in [1.54, 1.807) is 60.7 Å². The van der Waals surface area contributed by atoms with Crippen molar-refractivity contribution >= 4 is 35.3 Å². The molecule has 3 aromatic carbocycles. The number of ether oxygens (including phenoxy) is 1. The Balaban J connectivity index is 1.46. The van der Waals surface area contributed by atoms with Gasteiger partial charge in [0.25, 0.3) is 11.8 Å². The van der Waals surface area contributed by atoms with E-state index in [1.807, 2.05) is 18.2 Å². The summed E-state index contributed by atoms with van der Waals surface area (Å²) in [5, 5.41) is 7.15. The van der Waals surface area contributed by atoms with Gasteiger partial charge in [0, 0.05) is 16.3 Å². The minimum atomic E-state index is -0.354. The van der Waals surface area contributed by atoms with E-state index >= 15 is 0 Å². The zero-order valence-corrected chi connectivity index (χ0v) is 16.1. The highest BCUT2D eigenvalue weighted by Crippen LogP contribution is 2.12. The first-order valence-electron chi connectivity index (χ1n) is 8.77. The Morgan fingerprint density at radius 3 is 2.45 bits per heavy atom. The number of amides is 2. The number of nitrogens with zero attached hydrogens (tertiary/aromatic N) is 1. The van der Waals surface area contributed by atoms with Crippen LogP contribution in [0.3, 0.4) is 0 Å². The molecule has 7 heteroatoms. The van der Waals surface area contributed by atoms with E-state index in [2.05, 4.69) is 15.8 Å². The maximum absolute atomic E-state index is 12.0. The molecule has 0 heterocycles. The average Bonchev–Trinajstić information content (AvgIpc) is 2.74. The van der Waals surface area contributed by atoms with Gasteiger partial charge in [-0.1, -0.05) is 35.9 Å². The van der Waals surface area contributed by atoms with Crippen molar-refractivity contribution in [2.45, 2.75) is 0 Å². The number of para-hydroxylation sites is 1. The van der Waals surface area contributed by atoms with Crippen molar-refractivity contribution in [2.75, 3.05) is 11.9 Å². The van der Waals surface area contributed by atoms with E-state index in [-0.39, 0.29) is 18.4 Å². The van der Waals surface area contributed by atoms with Crippen LogP contribution in [0.2, 0.25) is 5.02 Å². The molecule has 0 aliphatic rings. The quantitative estimate of drug-likeness (QED) is 0.456. The molecule has 0 radical (unpaired) electrons. The van der Waals surface area contributed by atoms with Gasteiger partial charge in [-0.15, -0.1) is 0 Å². The summed E-state index contributed by atoms with van der Waals surface area (Å²) < 4.78 is 5.47. The predicted molar refractivity (Wildman–Crippen MR) is 114 cm³/mol. The third-order valence-electron chi connectivity index (χ3n) is 3.77. The van der Waals surface area contributed by atoms with Gasteiger partial charge in [0.15, 0.2) is 6.61 Å². The van der Waals surface area contributed by atoms with Crippen LogP contribution in [-0.4, -0.2) is 24.6 Å². The van der Waals surface area contributed by atoms with Crippen LogP contribution in [0, 0.1) is 0 Å². The lowest BCUT2D eigenvalue weighted by atomic mass is 10.2. The first kappa shape index (κ1) is 20.1. The Hall–Kier alpha value is -3.64. The van der Waals surface area contributed by atoms with Crippen LogP contribution in [0.15, 0.2) is 84.0 Å². The fraction of sp³-hybridized carbons (Fsp3) is 0.0455. The number of hydrogen-bond acceptors (Lipinski definition) is 4. The fourth-order valence-electron chi connectivity index (χ4n) is 2.38. The first-order chi connectivity index (χ1) is 14.1.